The van der Waals surface area contributed by atoms with E-state index in [1.165, 1.54) is 11.1 Å². The second-order valence-electron chi connectivity index (χ2n) is 3.58. The fourth-order valence-corrected chi connectivity index (χ4v) is 2.07. The summed E-state index contributed by atoms with van der Waals surface area (Å²) in [7, 11) is 3.37. The Morgan fingerprint density at radius 2 is 1.69 bits per heavy atom. The van der Waals surface area contributed by atoms with E-state index in [0.717, 1.165) is 24.6 Å². The van der Waals surface area contributed by atoms with E-state index in [1.807, 2.05) is 6.07 Å². The first-order chi connectivity index (χ1) is 7.24. The molecule has 0 bridgehead atoms. The first kappa shape index (κ1) is 15.9. The number of carbonyl (C=O) groups excluding carboxylic acids is 1. The zero-order valence-electron chi connectivity index (χ0n) is 10.5. The summed E-state index contributed by atoms with van der Waals surface area (Å²) < 4.78 is 0. The Kier molecular flexibility index (Phi) is 8.03. The molecule has 0 heterocycles. The van der Waals surface area contributed by atoms with Gasteiger partial charge in [-0.1, -0.05) is 32.0 Å². The van der Waals surface area contributed by atoms with E-state index in [2.05, 4.69) is 35.2 Å². The van der Waals surface area contributed by atoms with Gasteiger partial charge in [-0.05, 0) is 30.4 Å². The van der Waals surface area contributed by atoms with E-state index in [-0.39, 0.29) is 24.6 Å². The number of benzene rings is 1. The third kappa shape index (κ3) is 3.74. The van der Waals surface area contributed by atoms with Gasteiger partial charge in [0.25, 0.3) is 0 Å². The Hall–Kier alpha value is -0.0826. The molecule has 1 rings (SSSR count). The second kappa shape index (κ2) is 8.07. The van der Waals surface area contributed by atoms with Crippen LogP contribution in [0.3, 0.4) is 0 Å². The van der Waals surface area contributed by atoms with Crippen molar-refractivity contribution < 1.29 is 23.7 Å². The number of rotatable bonds is 5. The minimum atomic E-state index is 0. The molecule has 0 aliphatic rings. The zero-order valence-corrected chi connectivity index (χ0v) is 11.5. The van der Waals surface area contributed by atoms with E-state index in [9.17, 15) is 4.79 Å². The number of aryl methyl sites for hydroxylation is 2. The van der Waals surface area contributed by atoms with Gasteiger partial charge in [0.15, 0.2) is 5.78 Å². The van der Waals surface area contributed by atoms with E-state index in [4.69, 9.17) is 0 Å². The summed E-state index contributed by atoms with van der Waals surface area (Å²) in [6.45, 7) is 4.19. The molecule has 0 aromatic heterocycles. The summed E-state index contributed by atoms with van der Waals surface area (Å²) in [6, 6.07) is 6.16. The molecule has 1 nitrogen and oxygen atoms in total. The van der Waals surface area contributed by atoms with Crippen molar-refractivity contribution in [2.24, 2.45) is 0 Å². The van der Waals surface area contributed by atoms with Gasteiger partial charge >= 0.3 is 18.9 Å². The molecule has 0 spiro atoms. The molecule has 82 valence electrons. The van der Waals surface area contributed by atoms with Crippen LogP contribution in [0, 0.1) is 0 Å². The normalized spacial score (nSPS) is 9.69. The number of Topliss-reactive ketones (excluding diaryl/α,β-unsaturated/α-hetero) is 1. The van der Waals surface area contributed by atoms with Crippen LogP contribution in [-0.2, 0) is 12.8 Å². The summed E-state index contributed by atoms with van der Waals surface area (Å²) in [5, 5.41) is 0. The van der Waals surface area contributed by atoms with Crippen LogP contribution in [0.25, 0.3) is 0 Å². The van der Waals surface area contributed by atoms with Gasteiger partial charge in [-0.25, -0.2) is 0 Å². The van der Waals surface area contributed by atoms with Gasteiger partial charge in [0.05, 0.1) is 0 Å². The first-order valence-electron chi connectivity index (χ1n) is 5.53. The van der Waals surface area contributed by atoms with E-state index in [0.29, 0.717) is 6.42 Å². The van der Waals surface area contributed by atoms with Crippen molar-refractivity contribution in [3.05, 3.63) is 34.9 Å². The third-order valence-corrected chi connectivity index (χ3v) is 2.88. The molecule has 0 unspecified atom stereocenters. The Morgan fingerprint density at radius 3 is 2.06 bits per heavy atom. The molecular formula is C13H18LiOP. The number of ketones is 1. The minimum Gasteiger partial charge on any atom is -0.558 e. The monoisotopic (exact) mass is 228 g/mol. The number of hydrogen-bond donors (Lipinski definition) is 0. The summed E-state index contributed by atoms with van der Waals surface area (Å²) in [4.78, 5) is 12.0. The molecule has 16 heavy (non-hydrogen) atoms. The fourth-order valence-electron chi connectivity index (χ4n) is 1.84. The molecule has 0 saturated heterocycles. The molecule has 1 aromatic carbocycles. The second-order valence-corrected chi connectivity index (χ2v) is 4.08. The zero-order chi connectivity index (χ0) is 11.3. The van der Waals surface area contributed by atoms with Crippen molar-refractivity contribution >= 4 is 15.0 Å². The van der Waals surface area contributed by atoms with Crippen molar-refractivity contribution in [3.63, 3.8) is 0 Å². The molecule has 0 saturated carbocycles. The molecular weight excluding hydrogens is 210 g/mol. The summed E-state index contributed by atoms with van der Waals surface area (Å²) in [5.41, 5.74) is 3.32. The van der Waals surface area contributed by atoms with Crippen LogP contribution in [0.15, 0.2) is 18.2 Å². The molecule has 0 aliphatic carbocycles. The van der Waals surface area contributed by atoms with Gasteiger partial charge in [-0.3, -0.25) is 4.79 Å². The maximum atomic E-state index is 12.0. The average Bonchev–Trinajstić information content (AvgIpc) is 2.28. The fraction of sp³-hybridized carbons (Fsp3) is 0.462. The van der Waals surface area contributed by atoms with Crippen LogP contribution >= 0.6 is 9.24 Å². The smallest absolute Gasteiger partial charge is 0.558 e. The summed E-state index contributed by atoms with van der Waals surface area (Å²) in [6.07, 6.45) is 3.17. The Labute approximate surface area is 113 Å². The molecule has 0 radical (unpaired) electrons. The molecule has 0 amide bonds. The molecule has 0 atom stereocenters. The van der Waals surface area contributed by atoms with E-state index >= 15 is 0 Å². The first-order valence-corrected chi connectivity index (χ1v) is 6.23. The predicted molar refractivity (Wildman–Crippen MR) is 67.3 cm³/mol. The van der Waals surface area contributed by atoms with Crippen molar-refractivity contribution in [1.82, 2.24) is 0 Å². The number of carbonyl (C=O) groups is 1. The van der Waals surface area contributed by atoms with E-state index in [1.54, 1.807) is 0 Å². The van der Waals surface area contributed by atoms with Crippen molar-refractivity contribution in [3.8, 4) is 0 Å². The van der Waals surface area contributed by atoms with Gasteiger partial charge in [0.1, 0.15) is 0 Å². The number of hydrogen-bond acceptors (Lipinski definition) is 1. The van der Waals surface area contributed by atoms with Crippen molar-refractivity contribution in [2.75, 3.05) is 6.16 Å². The van der Waals surface area contributed by atoms with Gasteiger partial charge in [-0.2, -0.15) is 6.16 Å². The standard InChI is InChI=1S/C13H18OP.Li/c1-3-10-6-5-7-11(4-2)13(10)12(14)8-9-15;/h5-7,15H,3-4,8-9H2,1-2H3;/q-1;+1. The van der Waals surface area contributed by atoms with E-state index < -0.39 is 0 Å². The van der Waals surface area contributed by atoms with Crippen molar-refractivity contribution in [1.29, 1.82) is 0 Å². The average molecular weight is 228 g/mol. The maximum Gasteiger partial charge on any atom is 1.00 e. The van der Waals surface area contributed by atoms with Crippen molar-refractivity contribution in [2.45, 2.75) is 33.1 Å². The summed E-state index contributed by atoms with van der Waals surface area (Å²) in [5.74, 6) is 0.263. The van der Waals surface area contributed by atoms with Crippen LogP contribution in [0.4, 0.5) is 0 Å². The summed E-state index contributed by atoms with van der Waals surface area (Å²) >= 11 is 0. The third-order valence-electron chi connectivity index (χ3n) is 2.63. The predicted octanol–water partition coefficient (Wildman–Crippen LogP) is 0.531. The quantitative estimate of drug-likeness (QED) is 0.408. The van der Waals surface area contributed by atoms with Gasteiger partial charge < -0.3 is 9.24 Å². The van der Waals surface area contributed by atoms with Gasteiger partial charge in [-0.15, -0.1) is 0 Å². The van der Waals surface area contributed by atoms with Crippen LogP contribution in [0.5, 0.6) is 0 Å². The molecule has 0 fully saturated rings. The largest absolute Gasteiger partial charge is 1.00 e. The Morgan fingerprint density at radius 1 is 1.19 bits per heavy atom. The van der Waals surface area contributed by atoms with Gasteiger partial charge in [0.2, 0.25) is 0 Å². The SMILES string of the molecule is CCc1cccc(CC)c1C(=O)CC[PH-].[Li+]. The molecule has 0 aliphatic heterocycles. The van der Waals surface area contributed by atoms with Crippen LogP contribution in [-0.4, -0.2) is 11.9 Å². The molecule has 0 N–H and O–H groups in total. The van der Waals surface area contributed by atoms with Gasteiger partial charge in [0, 0.05) is 5.56 Å². The molecule has 1 aromatic rings. The van der Waals surface area contributed by atoms with Crippen LogP contribution in [0.1, 0.15) is 41.8 Å². The maximum absolute atomic E-state index is 12.0. The minimum absolute atomic E-state index is 0. The van der Waals surface area contributed by atoms with Crippen LogP contribution in [0.2, 0.25) is 0 Å². The Bertz CT molecular complexity index is 328. The van der Waals surface area contributed by atoms with Crippen LogP contribution < -0.4 is 18.9 Å². The molecule has 3 heteroatoms. The Balaban J connectivity index is 0.00000225. The topological polar surface area (TPSA) is 17.1 Å².